The first kappa shape index (κ1) is 17.2. The number of nitrogens with zero attached hydrogens (tertiary/aromatic N) is 4. The molecule has 0 aliphatic rings. The first-order valence-corrected chi connectivity index (χ1v) is 9.52. The van der Waals surface area contributed by atoms with Gasteiger partial charge in [0.05, 0.1) is 5.69 Å². The van der Waals surface area contributed by atoms with Crippen LogP contribution < -0.4 is 5.43 Å². The van der Waals surface area contributed by atoms with E-state index in [4.69, 9.17) is 4.52 Å². The quantitative estimate of drug-likeness (QED) is 0.502. The number of rotatable bonds is 4. The largest absolute Gasteiger partial charge is 0.332 e. The van der Waals surface area contributed by atoms with Gasteiger partial charge >= 0.3 is 0 Å². The third-order valence-electron chi connectivity index (χ3n) is 4.03. The summed E-state index contributed by atoms with van der Waals surface area (Å²) in [6, 6.07) is 17.1. The first-order valence-electron chi connectivity index (χ1n) is 8.29. The predicted molar refractivity (Wildman–Crippen MR) is 105 cm³/mol. The van der Waals surface area contributed by atoms with Gasteiger partial charge in [0.15, 0.2) is 5.69 Å². The van der Waals surface area contributed by atoms with Gasteiger partial charge in [0.25, 0.3) is 5.89 Å². The molecule has 0 unspecified atom stereocenters. The molecule has 2 heterocycles. The van der Waals surface area contributed by atoms with Crippen LogP contribution in [0.3, 0.4) is 0 Å². The molecule has 0 radical (unpaired) electrons. The van der Waals surface area contributed by atoms with Gasteiger partial charge in [0.2, 0.25) is 11.3 Å². The van der Waals surface area contributed by atoms with Crippen molar-refractivity contribution in [2.45, 2.75) is 11.8 Å². The molecule has 27 heavy (non-hydrogen) atoms. The summed E-state index contributed by atoms with van der Waals surface area (Å²) in [7, 11) is 0. The van der Waals surface area contributed by atoms with Crippen LogP contribution in [0.15, 0.2) is 75.0 Å². The molecule has 0 bridgehead atoms. The summed E-state index contributed by atoms with van der Waals surface area (Å²) in [6.45, 7) is 1.99. The van der Waals surface area contributed by atoms with E-state index in [0.717, 1.165) is 21.7 Å². The molecule has 6 nitrogen and oxygen atoms in total. The monoisotopic (exact) mass is 376 g/mol. The second-order valence-corrected chi connectivity index (χ2v) is 6.85. The van der Waals surface area contributed by atoms with Crippen molar-refractivity contribution in [3.8, 4) is 28.7 Å². The zero-order valence-electron chi connectivity index (χ0n) is 14.8. The minimum atomic E-state index is -0.272. The average Bonchev–Trinajstić information content (AvgIpc) is 3.18. The van der Waals surface area contributed by atoms with Crippen LogP contribution >= 0.6 is 11.8 Å². The number of hydrogen-bond acceptors (Lipinski definition) is 6. The normalized spacial score (nSPS) is 10.9. The first-order chi connectivity index (χ1) is 13.1. The van der Waals surface area contributed by atoms with Crippen molar-refractivity contribution in [2.24, 2.45) is 0 Å². The molecule has 7 heteroatoms. The molecule has 134 valence electrons. The maximum atomic E-state index is 12.3. The van der Waals surface area contributed by atoms with Crippen molar-refractivity contribution < 1.29 is 4.52 Å². The van der Waals surface area contributed by atoms with Gasteiger partial charge in [0.1, 0.15) is 0 Å². The van der Waals surface area contributed by atoms with Crippen molar-refractivity contribution in [1.82, 2.24) is 19.9 Å². The molecule has 2 aromatic heterocycles. The van der Waals surface area contributed by atoms with Crippen LogP contribution in [-0.2, 0) is 0 Å². The van der Waals surface area contributed by atoms with Crippen molar-refractivity contribution in [1.29, 1.82) is 0 Å². The van der Waals surface area contributed by atoms with Gasteiger partial charge < -0.3 is 4.52 Å². The maximum absolute atomic E-state index is 12.3. The molecular weight excluding hydrogens is 360 g/mol. The lowest BCUT2D eigenvalue weighted by molar-refractivity contribution is 0.429. The van der Waals surface area contributed by atoms with Crippen LogP contribution in [0.1, 0.15) is 5.56 Å². The zero-order chi connectivity index (χ0) is 18.8. The second kappa shape index (κ2) is 7.20. The number of thioether (sulfide) groups is 1. The topological polar surface area (TPSA) is 73.8 Å². The molecular formula is C20H16N4O2S. The predicted octanol–water partition coefficient (Wildman–Crippen LogP) is 3.98. The fourth-order valence-electron chi connectivity index (χ4n) is 2.67. The molecule has 4 rings (SSSR count). The molecule has 0 fully saturated rings. The van der Waals surface area contributed by atoms with Crippen LogP contribution in [0.2, 0.25) is 0 Å². The van der Waals surface area contributed by atoms with Crippen molar-refractivity contribution >= 4 is 11.8 Å². The van der Waals surface area contributed by atoms with Gasteiger partial charge in [-0.1, -0.05) is 35.0 Å². The van der Waals surface area contributed by atoms with Gasteiger partial charge in [0, 0.05) is 22.7 Å². The van der Waals surface area contributed by atoms with E-state index in [9.17, 15) is 4.79 Å². The summed E-state index contributed by atoms with van der Waals surface area (Å²) in [5, 5.41) is 8.41. The highest BCUT2D eigenvalue weighted by Gasteiger charge is 2.16. The second-order valence-electron chi connectivity index (χ2n) is 5.97. The van der Waals surface area contributed by atoms with Gasteiger partial charge in [-0.05, 0) is 37.4 Å². The van der Waals surface area contributed by atoms with Gasteiger partial charge in [-0.2, -0.15) is 10.1 Å². The molecule has 0 N–H and O–H groups in total. The summed E-state index contributed by atoms with van der Waals surface area (Å²) in [5.41, 5.74) is 2.62. The average molecular weight is 376 g/mol. The third-order valence-corrected chi connectivity index (χ3v) is 4.76. The Morgan fingerprint density at radius 1 is 1.07 bits per heavy atom. The van der Waals surface area contributed by atoms with E-state index < -0.39 is 0 Å². The minimum absolute atomic E-state index is 0.104. The number of hydrogen-bond donors (Lipinski definition) is 0. The highest BCUT2D eigenvalue weighted by Crippen LogP contribution is 2.21. The Kier molecular flexibility index (Phi) is 4.60. The summed E-state index contributed by atoms with van der Waals surface area (Å²) in [6.07, 6.45) is 3.64. The van der Waals surface area contributed by atoms with E-state index in [0.29, 0.717) is 5.82 Å². The number of aromatic nitrogens is 4. The summed E-state index contributed by atoms with van der Waals surface area (Å²) in [5.74, 6) is 0.529. The van der Waals surface area contributed by atoms with Crippen LogP contribution in [0.5, 0.6) is 0 Å². The van der Waals surface area contributed by atoms with E-state index >= 15 is 0 Å². The summed E-state index contributed by atoms with van der Waals surface area (Å²) >= 11 is 1.64. The Balaban J connectivity index is 1.75. The SMILES string of the molecule is CSc1cccc(-n2ccc(=O)c(-c3nc(-c4cccc(C)c4)no3)n2)c1. The Morgan fingerprint density at radius 2 is 1.93 bits per heavy atom. The van der Waals surface area contributed by atoms with Gasteiger partial charge in [-0.3, -0.25) is 4.79 Å². The van der Waals surface area contributed by atoms with E-state index in [1.165, 1.54) is 6.07 Å². The van der Waals surface area contributed by atoms with Crippen LogP contribution in [-0.4, -0.2) is 26.2 Å². The van der Waals surface area contributed by atoms with Crippen molar-refractivity contribution in [2.75, 3.05) is 6.26 Å². The molecule has 0 aliphatic heterocycles. The number of aryl methyl sites for hydroxylation is 1. The minimum Gasteiger partial charge on any atom is -0.332 e. The summed E-state index contributed by atoms with van der Waals surface area (Å²) in [4.78, 5) is 17.8. The Hall–Kier alpha value is -3.19. The van der Waals surface area contributed by atoms with E-state index in [2.05, 4.69) is 15.2 Å². The molecule has 2 aromatic carbocycles. The molecule has 0 saturated carbocycles. The highest BCUT2D eigenvalue weighted by molar-refractivity contribution is 7.98. The van der Waals surface area contributed by atoms with E-state index in [-0.39, 0.29) is 17.0 Å². The van der Waals surface area contributed by atoms with Gasteiger partial charge in [-0.15, -0.1) is 11.8 Å². The smallest absolute Gasteiger partial charge is 0.282 e. The highest BCUT2D eigenvalue weighted by atomic mass is 32.2. The van der Waals surface area contributed by atoms with Crippen molar-refractivity contribution in [3.63, 3.8) is 0 Å². The third kappa shape index (κ3) is 3.54. The molecule has 0 atom stereocenters. The standard InChI is InChI=1S/C20H16N4O2S/c1-13-5-3-6-14(11-13)19-21-20(26-23-19)18-17(25)9-10-24(22-18)15-7-4-8-16(12-15)27-2/h3-12H,1-2H3. The fraction of sp³-hybridized carbons (Fsp3) is 0.100. The Bertz CT molecular complexity index is 1170. The Morgan fingerprint density at radius 3 is 2.74 bits per heavy atom. The van der Waals surface area contributed by atoms with Gasteiger partial charge in [-0.25, -0.2) is 4.68 Å². The Labute approximate surface area is 159 Å². The van der Waals surface area contributed by atoms with E-state index in [1.807, 2.05) is 61.7 Å². The van der Waals surface area contributed by atoms with Crippen LogP contribution in [0.4, 0.5) is 0 Å². The zero-order valence-corrected chi connectivity index (χ0v) is 15.6. The van der Waals surface area contributed by atoms with Crippen molar-refractivity contribution in [3.05, 3.63) is 76.6 Å². The molecule has 0 amide bonds. The molecule has 0 saturated heterocycles. The lowest BCUT2D eigenvalue weighted by atomic mass is 10.1. The lowest BCUT2D eigenvalue weighted by Crippen LogP contribution is -2.12. The summed E-state index contributed by atoms with van der Waals surface area (Å²) < 4.78 is 6.95. The molecule has 0 aliphatic carbocycles. The van der Waals surface area contributed by atoms with Crippen LogP contribution in [0.25, 0.3) is 28.7 Å². The van der Waals surface area contributed by atoms with Crippen LogP contribution in [0, 0.1) is 6.92 Å². The van der Waals surface area contributed by atoms with E-state index in [1.54, 1.807) is 22.6 Å². The maximum Gasteiger partial charge on any atom is 0.282 e. The number of benzene rings is 2. The molecule has 0 spiro atoms. The molecule has 4 aromatic rings. The fourth-order valence-corrected chi connectivity index (χ4v) is 3.13. The lowest BCUT2D eigenvalue weighted by Gasteiger charge is -2.07.